The van der Waals surface area contributed by atoms with Gasteiger partial charge in [0, 0.05) is 33.4 Å². The van der Waals surface area contributed by atoms with Crippen LogP contribution in [-0.4, -0.2) is 31.3 Å². The Bertz CT molecular complexity index is 1190. The van der Waals surface area contributed by atoms with Gasteiger partial charge in [0.2, 0.25) is 0 Å². The number of halogens is 3. The van der Waals surface area contributed by atoms with E-state index in [0.717, 1.165) is 24.3 Å². The van der Waals surface area contributed by atoms with Crippen LogP contribution in [-0.2, 0) is 5.41 Å². The fourth-order valence-electron chi connectivity index (χ4n) is 4.12. The molecule has 0 saturated carbocycles. The van der Waals surface area contributed by atoms with E-state index >= 15 is 13.2 Å². The summed E-state index contributed by atoms with van der Waals surface area (Å²) < 4.78 is 51.0. The molecule has 0 radical (unpaired) electrons. The third kappa shape index (κ3) is 2.87. The minimum atomic E-state index is -4.96. The minimum Gasteiger partial charge on any atom is -0.457 e. The Morgan fingerprint density at radius 2 is 1.06 bits per heavy atom. The Morgan fingerprint density at radius 1 is 0.656 bits per heavy atom. The summed E-state index contributed by atoms with van der Waals surface area (Å²) in [6, 6.07) is 11.0. The van der Waals surface area contributed by atoms with E-state index in [1.165, 1.54) is 24.3 Å². The first kappa shape index (κ1) is 21.2. The molecular formula is C24H13F3O5. The molecule has 0 fully saturated rings. The number of aldehydes is 4. The van der Waals surface area contributed by atoms with Gasteiger partial charge in [-0.15, -0.1) is 0 Å². The summed E-state index contributed by atoms with van der Waals surface area (Å²) in [7, 11) is 0. The minimum absolute atomic E-state index is 0.147. The first-order valence-electron chi connectivity index (χ1n) is 9.29. The molecule has 8 heteroatoms. The van der Waals surface area contributed by atoms with Crippen LogP contribution in [0.3, 0.4) is 0 Å². The van der Waals surface area contributed by atoms with E-state index in [4.69, 9.17) is 4.74 Å². The molecule has 0 aromatic heterocycles. The number of benzene rings is 3. The van der Waals surface area contributed by atoms with Crippen LogP contribution < -0.4 is 4.74 Å². The summed E-state index contributed by atoms with van der Waals surface area (Å²) in [4.78, 5) is 45.9. The van der Waals surface area contributed by atoms with Crippen molar-refractivity contribution in [3.05, 3.63) is 93.5 Å². The molecule has 1 aliphatic heterocycles. The lowest BCUT2D eigenvalue weighted by molar-refractivity contribution is -0.168. The van der Waals surface area contributed by atoms with Crippen molar-refractivity contribution in [2.45, 2.75) is 11.6 Å². The fourth-order valence-corrected chi connectivity index (χ4v) is 4.12. The zero-order valence-corrected chi connectivity index (χ0v) is 16.2. The lowest BCUT2D eigenvalue weighted by Crippen LogP contribution is -2.46. The lowest BCUT2D eigenvalue weighted by Gasteiger charge is -2.42. The maximum Gasteiger partial charge on any atom is 0.406 e. The van der Waals surface area contributed by atoms with Crippen LogP contribution in [0.4, 0.5) is 13.2 Å². The molecule has 3 aromatic rings. The highest BCUT2D eigenvalue weighted by molar-refractivity contribution is 5.94. The van der Waals surface area contributed by atoms with Crippen molar-refractivity contribution in [3.8, 4) is 11.5 Å². The third-order valence-corrected chi connectivity index (χ3v) is 5.54. The lowest BCUT2D eigenvalue weighted by atomic mass is 9.66. The largest absolute Gasteiger partial charge is 0.457 e. The predicted octanol–water partition coefficient (Wildman–Crippen LogP) is 4.94. The average Bonchev–Trinajstić information content (AvgIpc) is 2.80. The summed E-state index contributed by atoms with van der Waals surface area (Å²) >= 11 is 0. The number of hydrogen-bond acceptors (Lipinski definition) is 5. The molecule has 0 N–H and O–H groups in total. The molecule has 1 heterocycles. The van der Waals surface area contributed by atoms with Crippen LogP contribution in [0.1, 0.15) is 58.1 Å². The number of hydrogen-bond donors (Lipinski definition) is 0. The van der Waals surface area contributed by atoms with Crippen molar-refractivity contribution in [1.29, 1.82) is 0 Å². The standard InChI is InChI=1S/C24H13F3O5/c25-24(26,27)23(18-4-2-1-3-5-18)19-6-14(10-28)16(12-30)8-21(19)32-22-9-17(13-31)15(11-29)7-20(22)23/h1-13H. The Morgan fingerprint density at radius 3 is 1.44 bits per heavy atom. The van der Waals surface area contributed by atoms with E-state index in [2.05, 4.69) is 0 Å². The molecule has 0 atom stereocenters. The molecule has 160 valence electrons. The number of ether oxygens (including phenoxy) is 1. The third-order valence-electron chi connectivity index (χ3n) is 5.54. The van der Waals surface area contributed by atoms with Crippen LogP contribution in [0.15, 0.2) is 54.6 Å². The van der Waals surface area contributed by atoms with Crippen LogP contribution >= 0.6 is 0 Å². The summed E-state index contributed by atoms with van der Waals surface area (Å²) in [5.41, 5.74) is -4.62. The number of carbonyl (C=O) groups is 4. The van der Waals surface area contributed by atoms with Gasteiger partial charge < -0.3 is 4.74 Å². The molecule has 0 spiro atoms. The van der Waals surface area contributed by atoms with E-state index < -0.39 is 22.7 Å². The molecule has 5 nitrogen and oxygen atoms in total. The number of carbonyl (C=O) groups excluding carboxylic acids is 4. The van der Waals surface area contributed by atoms with E-state index in [9.17, 15) is 19.2 Å². The summed E-state index contributed by atoms with van der Waals surface area (Å²) in [5.74, 6) is -0.579. The highest BCUT2D eigenvalue weighted by atomic mass is 19.4. The van der Waals surface area contributed by atoms with Crippen LogP contribution in [0.25, 0.3) is 0 Å². The van der Waals surface area contributed by atoms with Crippen molar-refractivity contribution < 1.29 is 37.1 Å². The van der Waals surface area contributed by atoms with Gasteiger partial charge in [-0.25, -0.2) is 0 Å². The molecule has 32 heavy (non-hydrogen) atoms. The van der Waals surface area contributed by atoms with Gasteiger partial charge in [0.25, 0.3) is 0 Å². The Labute approximate surface area is 179 Å². The van der Waals surface area contributed by atoms with Gasteiger partial charge in [0.1, 0.15) is 16.9 Å². The van der Waals surface area contributed by atoms with Gasteiger partial charge in [-0.05, 0) is 29.8 Å². The molecule has 3 aromatic carbocycles. The van der Waals surface area contributed by atoms with E-state index in [0.29, 0.717) is 12.6 Å². The Balaban J connectivity index is 2.24. The molecule has 1 aliphatic rings. The van der Waals surface area contributed by atoms with Gasteiger partial charge in [-0.3, -0.25) is 19.2 Å². The van der Waals surface area contributed by atoms with Crippen LogP contribution in [0.2, 0.25) is 0 Å². The second kappa shape index (κ2) is 7.56. The zero-order valence-electron chi connectivity index (χ0n) is 16.2. The molecule has 0 amide bonds. The Kier molecular flexibility index (Phi) is 5.00. The molecule has 0 unspecified atom stereocenters. The second-order valence-electron chi connectivity index (χ2n) is 7.14. The normalized spacial score (nSPS) is 13.8. The van der Waals surface area contributed by atoms with Crippen molar-refractivity contribution in [2.75, 3.05) is 0 Å². The van der Waals surface area contributed by atoms with Crippen LogP contribution in [0.5, 0.6) is 11.5 Å². The quantitative estimate of drug-likeness (QED) is 0.528. The summed E-state index contributed by atoms with van der Waals surface area (Å²) in [5, 5.41) is 0. The molecule has 4 rings (SSSR count). The fraction of sp³-hybridized carbons (Fsp3) is 0.0833. The molecule has 0 aliphatic carbocycles. The number of fused-ring (bicyclic) bond motifs is 2. The topological polar surface area (TPSA) is 77.5 Å². The molecular weight excluding hydrogens is 425 g/mol. The second-order valence-corrected chi connectivity index (χ2v) is 7.14. The van der Waals surface area contributed by atoms with E-state index in [1.54, 1.807) is 6.07 Å². The van der Waals surface area contributed by atoms with E-state index in [-0.39, 0.29) is 51.9 Å². The number of alkyl halides is 3. The van der Waals surface area contributed by atoms with E-state index in [1.807, 2.05) is 0 Å². The number of rotatable bonds is 5. The van der Waals surface area contributed by atoms with Gasteiger partial charge in [-0.1, -0.05) is 30.3 Å². The monoisotopic (exact) mass is 438 g/mol. The molecule has 0 saturated heterocycles. The van der Waals surface area contributed by atoms with Gasteiger partial charge in [-0.2, -0.15) is 13.2 Å². The molecule has 0 bridgehead atoms. The smallest absolute Gasteiger partial charge is 0.406 e. The van der Waals surface area contributed by atoms with Crippen LogP contribution in [0, 0.1) is 0 Å². The maximum atomic E-state index is 15.1. The maximum absolute atomic E-state index is 15.1. The highest BCUT2D eigenvalue weighted by Crippen LogP contribution is 2.59. The predicted molar refractivity (Wildman–Crippen MR) is 107 cm³/mol. The van der Waals surface area contributed by atoms with Crippen molar-refractivity contribution in [3.63, 3.8) is 0 Å². The highest BCUT2D eigenvalue weighted by Gasteiger charge is 2.62. The zero-order chi connectivity index (χ0) is 23.1. The van der Waals surface area contributed by atoms with Crippen molar-refractivity contribution in [2.24, 2.45) is 0 Å². The van der Waals surface area contributed by atoms with Crippen molar-refractivity contribution >= 4 is 25.1 Å². The van der Waals surface area contributed by atoms with Gasteiger partial charge in [0.05, 0.1) is 0 Å². The first-order valence-corrected chi connectivity index (χ1v) is 9.29. The Hall–Kier alpha value is -4.07. The summed E-state index contributed by atoms with van der Waals surface area (Å²) in [6.45, 7) is 0. The van der Waals surface area contributed by atoms with Crippen molar-refractivity contribution in [1.82, 2.24) is 0 Å². The van der Waals surface area contributed by atoms with Gasteiger partial charge >= 0.3 is 6.18 Å². The SMILES string of the molecule is O=Cc1cc2c(cc1C=O)C(c1ccccc1)(C(F)(F)F)c1cc(C=O)c(C=O)cc1O2. The first-order chi connectivity index (χ1) is 15.3. The van der Waals surface area contributed by atoms with Gasteiger partial charge in [0.15, 0.2) is 25.1 Å². The average molecular weight is 438 g/mol. The summed E-state index contributed by atoms with van der Waals surface area (Å²) in [6.07, 6.45) is -3.71.